The minimum atomic E-state index is 1.16. The van der Waals surface area contributed by atoms with Gasteiger partial charge in [0.25, 0.3) is 0 Å². The lowest BCUT2D eigenvalue weighted by molar-refractivity contribution is 1.56. The quantitative estimate of drug-likeness (QED) is 0.213. The highest BCUT2D eigenvalue weighted by Gasteiger charge is 2.19. The predicted octanol–water partition coefficient (Wildman–Crippen LogP) is 11.8. The Kier molecular flexibility index (Phi) is 5.27. The Hall–Kier alpha value is -5.66. The number of benzene rings is 8. The maximum Gasteiger partial charge on any atom is 0.0544 e. The first-order chi connectivity index (χ1) is 21.3. The van der Waals surface area contributed by atoms with Gasteiger partial charge in [0.2, 0.25) is 0 Å². The summed E-state index contributed by atoms with van der Waals surface area (Å²) in [5.74, 6) is 0. The first kappa shape index (κ1) is 24.0. The number of rotatable bonds is 3. The summed E-state index contributed by atoms with van der Waals surface area (Å²) in [5, 5.41) is 10.1. The number of aromatic nitrogens is 1. The minimum absolute atomic E-state index is 1.16. The van der Waals surface area contributed by atoms with Crippen molar-refractivity contribution < 1.29 is 0 Å². The zero-order valence-electron chi connectivity index (χ0n) is 23.5. The van der Waals surface area contributed by atoms with Crippen LogP contribution >= 0.6 is 0 Å². The average molecular weight is 546 g/mol. The number of H-pyrrole nitrogens is 1. The van der Waals surface area contributed by atoms with Gasteiger partial charge in [-0.15, -0.1) is 0 Å². The third-order valence-electron chi connectivity index (χ3n) is 9.00. The number of fused-ring (bicyclic) bond motifs is 7. The van der Waals surface area contributed by atoms with Crippen LogP contribution in [0.3, 0.4) is 0 Å². The van der Waals surface area contributed by atoms with Crippen LogP contribution in [0.2, 0.25) is 0 Å². The maximum absolute atomic E-state index is 3.73. The number of hydrogen-bond acceptors (Lipinski definition) is 0. The highest BCUT2D eigenvalue weighted by Crippen LogP contribution is 2.46. The summed E-state index contributed by atoms with van der Waals surface area (Å²) in [6.45, 7) is 0. The van der Waals surface area contributed by atoms with E-state index < -0.39 is 0 Å². The molecule has 1 N–H and O–H groups in total. The molecule has 0 unspecified atom stereocenters. The Morgan fingerprint density at radius 2 is 0.907 bits per heavy atom. The lowest BCUT2D eigenvalue weighted by Gasteiger charge is -2.19. The van der Waals surface area contributed by atoms with Crippen LogP contribution in [0.4, 0.5) is 0 Å². The summed E-state index contributed by atoms with van der Waals surface area (Å²) in [6.07, 6.45) is 0. The molecule has 0 saturated carbocycles. The number of aromatic amines is 1. The highest BCUT2D eigenvalue weighted by atomic mass is 14.7. The second kappa shape index (κ2) is 9.44. The zero-order valence-corrected chi connectivity index (χ0v) is 23.5. The largest absolute Gasteiger partial charge is 0.354 e. The molecule has 1 aromatic heterocycles. The fourth-order valence-electron chi connectivity index (χ4n) is 7.10. The molecule has 0 fully saturated rings. The van der Waals surface area contributed by atoms with Crippen molar-refractivity contribution in [3.05, 3.63) is 158 Å². The van der Waals surface area contributed by atoms with Crippen molar-refractivity contribution in [1.29, 1.82) is 0 Å². The fraction of sp³-hybridized carbons (Fsp3) is 0. The van der Waals surface area contributed by atoms with Gasteiger partial charge in [-0.1, -0.05) is 146 Å². The van der Waals surface area contributed by atoms with Gasteiger partial charge >= 0.3 is 0 Å². The molecule has 0 spiro atoms. The molecule has 1 nitrogen and oxygen atoms in total. The third kappa shape index (κ3) is 3.65. The molecular formula is C42H27N. The summed E-state index contributed by atoms with van der Waals surface area (Å²) in [5.41, 5.74) is 9.90. The molecule has 9 aromatic rings. The Bertz CT molecular complexity index is 2440. The minimum Gasteiger partial charge on any atom is -0.354 e. The molecule has 0 aliphatic heterocycles. The van der Waals surface area contributed by atoms with E-state index >= 15 is 0 Å². The van der Waals surface area contributed by atoms with E-state index in [-0.39, 0.29) is 0 Å². The van der Waals surface area contributed by atoms with E-state index in [1.807, 2.05) is 0 Å². The van der Waals surface area contributed by atoms with Crippen molar-refractivity contribution in [2.45, 2.75) is 0 Å². The number of nitrogens with one attached hydrogen (secondary N) is 1. The molecule has 0 aliphatic rings. The topological polar surface area (TPSA) is 15.8 Å². The molecule has 0 radical (unpaired) electrons. The van der Waals surface area contributed by atoms with Crippen molar-refractivity contribution in [1.82, 2.24) is 4.98 Å². The molecule has 1 heteroatoms. The third-order valence-corrected chi connectivity index (χ3v) is 9.00. The normalized spacial score (nSPS) is 11.7. The van der Waals surface area contributed by atoms with Crippen LogP contribution in [0.25, 0.3) is 87.5 Å². The van der Waals surface area contributed by atoms with Gasteiger partial charge in [-0.3, -0.25) is 0 Å². The molecule has 0 bridgehead atoms. The Morgan fingerprint density at radius 3 is 1.63 bits per heavy atom. The van der Waals surface area contributed by atoms with Gasteiger partial charge in [-0.25, -0.2) is 0 Å². The first-order valence-electron chi connectivity index (χ1n) is 14.9. The van der Waals surface area contributed by atoms with E-state index in [1.54, 1.807) is 0 Å². The van der Waals surface area contributed by atoms with Crippen molar-refractivity contribution in [2.75, 3.05) is 0 Å². The summed E-state index contributed by atoms with van der Waals surface area (Å²) < 4.78 is 0. The van der Waals surface area contributed by atoms with Crippen molar-refractivity contribution in [3.8, 4) is 33.4 Å². The standard InChI is InChI=1S/C42H27N/c1-2-12-27(13-3-1)30-15-6-7-17-32(30)41-35-20-10-8-18-33(35)40(34-19-9-11-21-36(34)41)29-23-25-39-38(26-29)37-24-22-28-14-4-5-16-31(28)42(37)43-39/h1-26,43H. The predicted molar refractivity (Wildman–Crippen MR) is 185 cm³/mol. The van der Waals surface area contributed by atoms with Gasteiger partial charge in [-0.2, -0.15) is 0 Å². The highest BCUT2D eigenvalue weighted by molar-refractivity contribution is 6.24. The van der Waals surface area contributed by atoms with E-state index in [0.717, 1.165) is 5.52 Å². The Labute approximate surface area is 249 Å². The van der Waals surface area contributed by atoms with Crippen molar-refractivity contribution in [3.63, 3.8) is 0 Å². The van der Waals surface area contributed by atoms with Crippen LogP contribution in [0, 0.1) is 0 Å². The lowest BCUT2D eigenvalue weighted by Crippen LogP contribution is -1.92. The SMILES string of the molecule is c1ccc(-c2ccccc2-c2c3ccccc3c(-c3ccc4[nH]c5c6ccccc6ccc5c4c3)c3ccccc23)cc1. The smallest absolute Gasteiger partial charge is 0.0544 e. The second-order valence-corrected chi connectivity index (χ2v) is 11.3. The van der Waals surface area contributed by atoms with E-state index in [0.29, 0.717) is 0 Å². The number of hydrogen-bond donors (Lipinski definition) is 1. The molecular weight excluding hydrogens is 518 g/mol. The average Bonchev–Trinajstić information content (AvgIpc) is 3.46. The van der Waals surface area contributed by atoms with Crippen LogP contribution in [-0.4, -0.2) is 4.98 Å². The van der Waals surface area contributed by atoms with Crippen molar-refractivity contribution >= 4 is 54.1 Å². The molecule has 0 saturated heterocycles. The van der Waals surface area contributed by atoms with Gasteiger partial charge in [0.1, 0.15) is 0 Å². The van der Waals surface area contributed by atoms with Crippen molar-refractivity contribution in [2.24, 2.45) is 0 Å². The Balaban J connectivity index is 1.36. The summed E-state index contributed by atoms with van der Waals surface area (Å²) >= 11 is 0. The second-order valence-electron chi connectivity index (χ2n) is 11.3. The van der Waals surface area contributed by atoms with Crippen LogP contribution in [0.1, 0.15) is 0 Å². The van der Waals surface area contributed by atoms with E-state index in [2.05, 4.69) is 163 Å². The molecule has 200 valence electrons. The van der Waals surface area contributed by atoms with Gasteiger partial charge in [0.05, 0.1) is 5.52 Å². The summed E-state index contributed by atoms with van der Waals surface area (Å²) in [4.78, 5) is 3.73. The van der Waals surface area contributed by atoms with Gasteiger partial charge in [0.15, 0.2) is 0 Å². The molecule has 0 atom stereocenters. The monoisotopic (exact) mass is 545 g/mol. The zero-order chi connectivity index (χ0) is 28.3. The summed E-state index contributed by atoms with van der Waals surface area (Å²) in [6, 6.07) is 57.4. The molecule has 1 heterocycles. The van der Waals surface area contributed by atoms with E-state index in [4.69, 9.17) is 0 Å². The maximum atomic E-state index is 3.73. The van der Waals surface area contributed by atoms with Crippen LogP contribution in [0.15, 0.2) is 158 Å². The van der Waals surface area contributed by atoms with Gasteiger partial charge < -0.3 is 4.98 Å². The van der Waals surface area contributed by atoms with E-state index in [1.165, 1.54) is 82.0 Å². The van der Waals surface area contributed by atoms with Crippen LogP contribution in [0.5, 0.6) is 0 Å². The van der Waals surface area contributed by atoms with Crippen LogP contribution in [-0.2, 0) is 0 Å². The fourth-order valence-corrected chi connectivity index (χ4v) is 7.10. The van der Waals surface area contributed by atoms with Crippen LogP contribution < -0.4 is 0 Å². The first-order valence-corrected chi connectivity index (χ1v) is 14.9. The molecule has 8 aromatic carbocycles. The molecule has 0 aliphatic carbocycles. The summed E-state index contributed by atoms with van der Waals surface area (Å²) in [7, 11) is 0. The molecule has 9 rings (SSSR count). The molecule has 43 heavy (non-hydrogen) atoms. The molecule has 0 amide bonds. The lowest BCUT2D eigenvalue weighted by atomic mass is 9.83. The van der Waals surface area contributed by atoms with Gasteiger partial charge in [-0.05, 0) is 72.4 Å². The van der Waals surface area contributed by atoms with E-state index in [9.17, 15) is 0 Å². The van der Waals surface area contributed by atoms with Gasteiger partial charge in [0, 0.05) is 21.7 Å². The Morgan fingerprint density at radius 1 is 0.326 bits per heavy atom.